The lowest BCUT2D eigenvalue weighted by Gasteiger charge is -2.22. The van der Waals surface area contributed by atoms with Crippen molar-refractivity contribution in [3.63, 3.8) is 0 Å². The molecule has 1 amide bonds. The van der Waals surface area contributed by atoms with Crippen molar-refractivity contribution in [2.75, 3.05) is 23.8 Å². The Morgan fingerprint density at radius 2 is 1.96 bits per heavy atom. The van der Waals surface area contributed by atoms with E-state index in [9.17, 15) is 14.9 Å². The number of carbonyl (C=O) groups excluding carboxylic acids is 2. The Morgan fingerprint density at radius 1 is 1.29 bits per heavy atom. The molecular formula is C20H20ClN3O3S. The van der Waals surface area contributed by atoms with Gasteiger partial charge in [0.1, 0.15) is 17.6 Å². The zero-order valence-corrected chi connectivity index (χ0v) is 17.4. The maximum atomic E-state index is 12.9. The van der Waals surface area contributed by atoms with E-state index >= 15 is 0 Å². The fourth-order valence-corrected chi connectivity index (χ4v) is 3.63. The minimum Gasteiger partial charge on any atom is -0.465 e. The highest BCUT2D eigenvalue weighted by Crippen LogP contribution is 2.25. The SMILES string of the molecule is CCOC(=O)CN(C(=O)CSc1nc(C)cc(C)c1C#N)c1ccc(Cl)cc1. The first-order valence-electron chi connectivity index (χ1n) is 8.58. The van der Waals surface area contributed by atoms with Crippen LogP contribution in [0.4, 0.5) is 5.69 Å². The molecule has 0 fully saturated rings. The second-order valence-corrected chi connectivity index (χ2v) is 7.32. The molecule has 6 nitrogen and oxygen atoms in total. The van der Waals surface area contributed by atoms with Crippen LogP contribution in [0.3, 0.4) is 0 Å². The number of aromatic nitrogens is 1. The highest BCUT2D eigenvalue weighted by atomic mass is 35.5. The van der Waals surface area contributed by atoms with Crippen LogP contribution in [0.2, 0.25) is 5.02 Å². The number of carbonyl (C=O) groups is 2. The van der Waals surface area contributed by atoms with Crippen molar-refractivity contribution < 1.29 is 14.3 Å². The summed E-state index contributed by atoms with van der Waals surface area (Å²) in [6.45, 7) is 5.40. The smallest absolute Gasteiger partial charge is 0.326 e. The third-order valence-electron chi connectivity index (χ3n) is 3.79. The summed E-state index contributed by atoms with van der Waals surface area (Å²) in [6, 6.07) is 10.6. The summed E-state index contributed by atoms with van der Waals surface area (Å²) in [5.41, 5.74) is 2.57. The van der Waals surface area contributed by atoms with Gasteiger partial charge in [-0.05, 0) is 56.7 Å². The number of hydrogen-bond donors (Lipinski definition) is 0. The Labute approximate surface area is 173 Å². The van der Waals surface area contributed by atoms with Gasteiger partial charge >= 0.3 is 5.97 Å². The van der Waals surface area contributed by atoms with Gasteiger partial charge in [0.05, 0.1) is 17.9 Å². The van der Waals surface area contributed by atoms with E-state index in [1.165, 1.54) is 16.7 Å². The quantitative estimate of drug-likeness (QED) is 0.501. The molecule has 0 atom stereocenters. The number of pyridine rings is 1. The highest BCUT2D eigenvalue weighted by Gasteiger charge is 2.21. The Bertz CT molecular complexity index is 910. The van der Waals surface area contributed by atoms with Crippen LogP contribution in [0.5, 0.6) is 0 Å². The van der Waals surface area contributed by atoms with E-state index in [2.05, 4.69) is 11.1 Å². The molecule has 1 aromatic carbocycles. The van der Waals surface area contributed by atoms with Crippen LogP contribution in [0.15, 0.2) is 35.4 Å². The molecule has 146 valence electrons. The average molecular weight is 418 g/mol. The lowest BCUT2D eigenvalue weighted by Crippen LogP contribution is -2.37. The van der Waals surface area contributed by atoms with Crippen LogP contribution < -0.4 is 4.90 Å². The first-order valence-corrected chi connectivity index (χ1v) is 9.94. The van der Waals surface area contributed by atoms with Crippen molar-refractivity contribution in [3.8, 4) is 6.07 Å². The number of amides is 1. The van der Waals surface area contributed by atoms with E-state index in [0.29, 0.717) is 21.3 Å². The van der Waals surface area contributed by atoms with Crippen molar-refractivity contribution in [1.82, 2.24) is 4.98 Å². The average Bonchev–Trinajstić information content (AvgIpc) is 2.65. The minimum absolute atomic E-state index is 0.0204. The van der Waals surface area contributed by atoms with Crippen LogP contribution in [0.25, 0.3) is 0 Å². The van der Waals surface area contributed by atoms with Gasteiger partial charge in [-0.25, -0.2) is 4.98 Å². The topological polar surface area (TPSA) is 83.3 Å². The fourth-order valence-electron chi connectivity index (χ4n) is 2.53. The van der Waals surface area contributed by atoms with Gasteiger partial charge in [0.2, 0.25) is 5.91 Å². The Balaban J connectivity index is 2.22. The van der Waals surface area contributed by atoms with Gasteiger partial charge in [0.25, 0.3) is 0 Å². The summed E-state index contributed by atoms with van der Waals surface area (Å²) in [6.07, 6.45) is 0. The molecule has 0 saturated heterocycles. The fraction of sp³-hybridized carbons (Fsp3) is 0.300. The molecule has 8 heteroatoms. The van der Waals surface area contributed by atoms with Gasteiger partial charge in [-0.15, -0.1) is 0 Å². The third kappa shape index (κ3) is 5.72. The molecule has 0 unspecified atom stereocenters. The van der Waals surface area contributed by atoms with Crippen molar-refractivity contribution in [1.29, 1.82) is 5.26 Å². The number of benzene rings is 1. The number of nitrogens with zero attached hydrogens (tertiary/aromatic N) is 3. The van der Waals surface area contributed by atoms with E-state index in [-0.39, 0.29) is 24.8 Å². The Hall–Kier alpha value is -2.56. The second-order valence-electron chi connectivity index (χ2n) is 5.92. The second kappa shape index (κ2) is 10.1. The maximum Gasteiger partial charge on any atom is 0.326 e. The number of aryl methyl sites for hydroxylation is 2. The number of esters is 1. The molecule has 28 heavy (non-hydrogen) atoms. The number of halogens is 1. The molecule has 0 bridgehead atoms. The number of ether oxygens (including phenoxy) is 1. The number of rotatable bonds is 7. The van der Waals surface area contributed by atoms with Crippen molar-refractivity contribution >= 4 is 40.9 Å². The summed E-state index contributed by atoms with van der Waals surface area (Å²) in [5, 5.41) is 10.4. The normalized spacial score (nSPS) is 10.2. The summed E-state index contributed by atoms with van der Waals surface area (Å²) < 4.78 is 4.98. The van der Waals surface area contributed by atoms with E-state index in [1.54, 1.807) is 31.2 Å². The van der Waals surface area contributed by atoms with Crippen LogP contribution in [0.1, 0.15) is 23.7 Å². The highest BCUT2D eigenvalue weighted by molar-refractivity contribution is 8.00. The monoisotopic (exact) mass is 417 g/mol. The van der Waals surface area contributed by atoms with Crippen LogP contribution in [-0.2, 0) is 14.3 Å². The summed E-state index contributed by atoms with van der Waals surface area (Å²) >= 11 is 7.09. The van der Waals surface area contributed by atoms with Gasteiger partial charge in [-0.3, -0.25) is 9.59 Å². The first-order chi connectivity index (χ1) is 13.3. The molecule has 0 spiro atoms. The van der Waals surface area contributed by atoms with Gasteiger partial charge in [0, 0.05) is 16.4 Å². The maximum absolute atomic E-state index is 12.9. The van der Waals surface area contributed by atoms with E-state index in [0.717, 1.165) is 11.3 Å². The molecule has 0 radical (unpaired) electrons. The molecule has 0 saturated carbocycles. The number of thioether (sulfide) groups is 1. The lowest BCUT2D eigenvalue weighted by molar-refractivity contribution is -0.142. The lowest BCUT2D eigenvalue weighted by atomic mass is 10.1. The molecule has 2 rings (SSSR count). The van der Waals surface area contributed by atoms with Crippen LogP contribution in [0, 0.1) is 25.2 Å². The predicted octanol–water partition coefficient (Wildman–Crippen LogP) is 3.91. The van der Waals surface area contributed by atoms with Gasteiger partial charge in [0.15, 0.2) is 0 Å². The van der Waals surface area contributed by atoms with E-state index < -0.39 is 5.97 Å². The summed E-state index contributed by atoms with van der Waals surface area (Å²) in [4.78, 5) is 30.5. The molecule has 1 heterocycles. The number of nitriles is 1. The molecule has 0 aliphatic heterocycles. The van der Waals surface area contributed by atoms with Crippen molar-refractivity contribution in [2.24, 2.45) is 0 Å². The molecule has 0 aliphatic rings. The first kappa shape index (κ1) is 21.7. The Morgan fingerprint density at radius 3 is 2.57 bits per heavy atom. The standard InChI is InChI=1S/C20H20ClN3O3S/c1-4-27-19(26)11-24(16-7-5-15(21)6-8-16)18(25)12-28-20-17(10-22)13(2)9-14(3)23-20/h5-9H,4,11-12H2,1-3H3. The van der Waals surface area contributed by atoms with E-state index in [4.69, 9.17) is 16.3 Å². The minimum atomic E-state index is -0.502. The molecular weight excluding hydrogens is 398 g/mol. The summed E-state index contributed by atoms with van der Waals surface area (Å²) in [5.74, 6) is -0.782. The van der Waals surface area contributed by atoms with Crippen molar-refractivity contribution in [3.05, 3.63) is 52.2 Å². The number of anilines is 1. The van der Waals surface area contributed by atoms with Crippen LogP contribution in [-0.4, -0.2) is 35.8 Å². The molecule has 0 N–H and O–H groups in total. The van der Waals surface area contributed by atoms with Crippen LogP contribution >= 0.6 is 23.4 Å². The molecule has 1 aromatic heterocycles. The van der Waals surface area contributed by atoms with Crippen molar-refractivity contribution in [2.45, 2.75) is 25.8 Å². The zero-order valence-electron chi connectivity index (χ0n) is 15.9. The Kier molecular flexibility index (Phi) is 7.85. The zero-order chi connectivity index (χ0) is 20.7. The molecule has 0 aliphatic carbocycles. The largest absolute Gasteiger partial charge is 0.465 e. The summed E-state index contributed by atoms with van der Waals surface area (Å²) in [7, 11) is 0. The third-order valence-corrected chi connectivity index (χ3v) is 5.00. The molecule has 2 aromatic rings. The van der Waals surface area contributed by atoms with Gasteiger partial charge in [-0.1, -0.05) is 23.4 Å². The number of hydrogen-bond acceptors (Lipinski definition) is 6. The van der Waals surface area contributed by atoms with Gasteiger partial charge in [-0.2, -0.15) is 5.26 Å². The van der Waals surface area contributed by atoms with Gasteiger partial charge < -0.3 is 9.64 Å². The van der Waals surface area contributed by atoms with E-state index in [1.807, 2.05) is 19.9 Å². The predicted molar refractivity (Wildman–Crippen MR) is 110 cm³/mol.